The van der Waals surface area contributed by atoms with Crippen molar-refractivity contribution >= 4 is 11.4 Å². The van der Waals surface area contributed by atoms with Crippen LogP contribution in [0, 0.1) is 13.8 Å². The Balaban J connectivity index is 2.59. The molecule has 2 heteroatoms. The molecule has 0 saturated carbocycles. The normalized spacial score (nSPS) is 10.4. The van der Waals surface area contributed by atoms with Gasteiger partial charge in [-0.2, -0.15) is 0 Å². The van der Waals surface area contributed by atoms with Gasteiger partial charge in [-0.1, -0.05) is 24.3 Å². The summed E-state index contributed by atoms with van der Waals surface area (Å²) < 4.78 is 0. The van der Waals surface area contributed by atoms with Crippen LogP contribution in [-0.2, 0) is 0 Å². The highest BCUT2D eigenvalue weighted by molar-refractivity contribution is 5.76. The third-order valence-electron chi connectivity index (χ3n) is 3.00. The van der Waals surface area contributed by atoms with Gasteiger partial charge in [-0.15, -0.1) is 0 Å². The summed E-state index contributed by atoms with van der Waals surface area (Å²) in [7, 11) is 0. The highest BCUT2D eigenvalue weighted by atomic mass is 14.7. The maximum absolute atomic E-state index is 5.82. The highest BCUT2D eigenvalue weighted by Gasteiger charge is 2.04. The first-order valence-electron chi connectivity index (χ1n) is 5.31. The van der Waals surface area contributed by atoms with Gasteiger partial charge < -0.3 is 11.5 Å². The van der Waals surface area contributed by atoms with Gasteiger partial charge in [0.1, 0.15) is 0 Å². The van der Waals surface area contributed by atoms with Crippen LogP contribution < -0.4 is 11.5 Å². The fourth-order valence-electron chi connectivity index (χ4n) is 1.81. The van der Waals surface area contributed by atoms with Crippen LogP contribution in [0.1, 0.15) is 11.1 Å². The topological polar surface area (TPSA) is 52.0 Å². The van der Waals surface area contributed by atoms with Crippen molar-refractivity contribution in [3.63, 3.8) is 0 Å². The van der Waals surface area contributed by atoms with E-state index in [2.05, 4.69) is 32.0 Å². The predicted octanol–water partition coefficient (Wildman–Crippen LogP) is 3.13. The van der Waals surface area contributed by atoms with Crippen LogP contribution in [0.15, 0.2) is 36.4 Å². The molecule has 2 rings (SSSR count). The summed E-state index contributed by atoms with van der Waals surface area (Å²) in [6.45, 7) is 4.23. The zero-order chi connectivity index (χ0) is 11.7. The molecule has 0 unspecified atom stereocenters. The van der Waals surface area contributed by atoms with Crippen molar-refractivity contribution in [1.29, 1.82) is 0 Å². The van der Waals surface area contributed by atoms with Crippen molar-refractivity contribution in [3.05, 3.63) is 47.5 Å². The van der Waals surface area contributed by atoms with Crippen LogP contribution in [-0.4, -0.2) is 0 Å². The molecule has 0 amide bonds. The monoisotopic (exact) mass is 212 g/mol. The molecule has 0 radical (unpaired) electrons. The van der Waals surface area contributed by atoms with E-state index in [1.54, 1.807) is 0 Å². The van der Waals surface area contributed by atoms with Gasteiger partial charge >= 0.3 is 0 Å². The fourth-order valence-corrected chi connectivity index (χ4v) is 1.81. The summed E-state index contributed by atoms with van der Waals surface area (Å²) in [5.74, 6) is 0. The van der Waals surface area contributed by atoms with Crippen molar-refractivity contribution in [2.75, 3.05) is 11.5 Å². The van der Waals surface area contributed by atoms with E-state index >= 15 is 0 Å². The first-order valence-corrected chi connectivity index (χ1v) is 5.31. The Kier molecular flexibility index (Phi) is 2.57. The van der Waals surface area contributed by atoms with E-state index in [4.69, 9.17) is 11.5 Å². The molecular formula is C14H16N2. The summed E-state index contributed by atoms with van der Waals surface area (Å²) in [6, 6.07) is 12.1. The van der Waals surface area contributed by atoms with E-state index in [1.165, 1.54) is 16.7 Å². The average molecular weight is 212 g/mol. The van der Waals surface area contributed by atoms with Crippen molar-refractivity contribution in [3.8, 4) is 11.1 Å². The Morgan fingerprint density at radius 2 is 1.62 bits per heavy atom. The maximum Gasteiger partial charge on any atom is 0.0554 e. The van der Waals surface area contributed by atoms with Crippen molar-refractivity contribution in [2.45, 2.75) is 13.8 Å². The largest absolute Gasteiger partial charge is 0.397 e. The first-order chi connectivity index (χ1) is 7.59. The Bertz CT molecular complexity index is 530. The lowest BCUT2D eigenvalue weighted by molar-refractivity contribution is 1.34. The smallest absolute Gasteiger partial charge is 0.0554 e. The summed E-state index contributed by atoms with van der Waals surface area (Å²) in [4.78, 5) is 0. The van der Waals surface area contributed by atoms with E-state index in [0.29, 0.717) is 11.4 Å². The number of benzene rings is 2. The first kappa shape index (κ1) is 10.6. The number of aryl methyl sites for hydroxylation is 1. The molecule has 16 heavy (non-hydrogen) atoms. The summed E-state index contributed by atoms with van der Waals surface area (Å²) in [5.41, 5.74) is 17.7. The Labute approximate surface area is 95.9 Å². The van der Waals surface area contributed by atoms with E-state index in [1.807, 2.05) is 18.2 Å². The second-order valence-corrected chi connectivity index (χ2v) is 4.09. The molecule has 0 bridgehead atoms. The fraction of sp³-hybridized carbons (Fsp3) is 0.143. The lowest BCUT2D eigenvalue weighted by Gasteiger charge is -2.10. The molecule has 0 aliphatic heterocycles. The Hall–Kier alpha value is -1.96. The van der Waals surface area contributed by atoms with Crippen LogP contribution in [0.3, 0.4) is 0 Å². The van der Waals surface area contributed by atoms with Crippen LogP contribution >= 0.6 is 0 Å². The van der Waals surface area contributed by atoms with Crippen molar-refractivity contribution in [1.82, 2.24) is 0 Å². The molecule has 0 aliphatic rings. The van der Waals surface area contributed by atoms with Gasteiger partial charge in [-0.3, -0.25) is 0 Å². The lowest BCUT2D eigenvalue weighted by atomic mass is 9.96. The van der Waals surface area contributed by atoms with Crippen LogP contribution in [0.5, 0.6) is 0 Å². The van der Waals surface area contributed by atoms with Crippen LogP contribution in [0.2, 0.25) is 0 Å². The Morgan fingerprint density at radius 3 is 2.31 bits per heavy atom. The molecule has 0 fully saturated rings. The summed E-state index contributed by atoms with van der Waals surface area (Å²) in [6.07, 6.45) is 0. The number of rotatable bonds is 1. The van der Waals surface area contributed by atoms with Gasteiger partial charge in [-0.05, 0) is 48.2 Å². The number of anilines is 2. The van der Waals surface area contributed by atoms with E-state index in [-0.39, 0.29) is 0 Å². The third kappa shape index (κ3) is 1.74. The van der Waals surface area contributed by atoms with Crippen LogP contribution in [0.25, 0.3) is 11.1 Å². The SMILES string of the molecule is Cc1cccc(-c2ccc(N)c(N)c2)c1C. The van der Waals surface area contributed by atoms with Gasteiger partial charge in [0.25, 0.3) is 0 Å². The zero-order valence-corrected chi connectivity index (χ0v) is 9.62. The summed E-state index contributed by atoms with van der Waals surface area (Å²) in [5, 5.41) is 0. The Morgan fingerprint density at radius 1 is 0.875 bits per heavy atom. The molecule has 2 aromatic carbocycles. The molecule has 0 aliphatic carbocycles. The molecule has 2 nitrogen and oxygen atoms in total. The number of hydrogen-bond acceptors (Lipinski definition) is 2. The predicted molar refractivity (Wildman–Crippen MR) is 70.2 cm³/mol. The molecule has 82 valence electrons. The standard InChI is InChI=1S/C14H16N2/c1-9-4-3-5-12(10(9)2)11-6-7-13(15)14(16)8-11/h3-8H,15-16H2,1-2H3. The summed E-state index contributed by atoms with van der Waals surface area (Å²) >= 11 is 0. The lowest BCUT2D eigenvalue weighted by Crippen LogP contribution is -1.95. The molecule has 0 saturated heterocycles. The molecule has 0 heterocycles. The van der Waals surface area contributed by atoms with E-state index < -0.39 is 0 Å². The second kappa shape index (κ2) is 3.89. The number of nitrogen functional groups attached to an aromatic ring is 2. The molecule has 0 spiro atoms. The molecular weight excluding hydrogens is 196 g/mol. The van der Waals surface area contributed by atoms with Gasteiger partial charge in [0.2, 0.25) is 0 Å². The second-order valence-electron chi connectivity index (χ2n) is 4.09. The molecule has 4 N–H and O–H groups in total. The molecule has 0 aromatic heterocycles. The maximum atomic E-state index is 5.82. The minimum absolute atomic E-state index is 0.633. The van der Waals surface area contributed by atoms with Gasteiger partial charge in [0.15, 0.2) is 0 Å². The third-order valence-corrected chi connectivity index (χ3v) is 3.00. The van der Waals surface area contributed by atoms with E-state index in [9.17, 15) is 0 Å². The van der Waals surface area contributed by atoms with Crippen molar-refractivity contribution < 1.29 is 0 Å². The van der Waals surface area contributed by atoms with Gasteiger partial charge in [-0.25, -0.2) is 0 Å². The van der Waals surface area contributed by atoms with Gasteiger partial charge in [0, 0.05) is 0 Å². The molecule has 2 aromatic rings. The van der Waals surface area contributed by atoms with E-state index in [0.717, 1.165) is 5.56 Å². The molecule has 0 atom stereocenters. The minimum atomic E-state index is 0.633. The van der Waals surface area contributed by atoms with Crippen molar-refractivity contribution in [2.24, 2.45) is 0 Å². The van der Waals surface area contributed by atoms with Gasteiger partial charge in [0.05, 0.1) is 11.4 Å². The number of nitrogens with two attached hydrogens (primary N) is 2. The average Bonchev–Trinajstić information content (AvgIpc) is 2.26. The zero-order valence-electron chi connectivity index (χ0n) is 9.62. The quantitative estimate of drug-likeness (QED) is 0.713. The minimum Gasteiger partial charge on any atom is -0.397 e. The highest BCUT2D eigenvalue weighted by Crippen LogP contribution is 2.28. The van der Waals surface area contributed by atoms with Crippen LogP contribution in [0.4, 0.5) is 11.4 Å². The number of hydrogen-bond donors (Lipinski definition) is 2.